The summed E-state index contributed by atoms with van der Waals surface area (Å²) in [5.41, 5.74) is 2.71. The topological polar surface area (TPSA) is 0 Å². The second kappa shape index (κ2) is 3.33. The van der Waals surface area contributed by atoms with Crippen LogP contribution < -0.4 is 0 Å². The van der Waals surface area contributed by atoms with Gasteiger partial charge in [-0.3, -0.25) is 0 Å². The predicted molar refractivity (Wildman–Crippen MR) is 89.7 cm³/mol. The molecule has 2 fully saturated rings. The second-order valence-corrected chi connectivity index (χ2v) is 10.6. The Morgan fingerprint density at radius 1 is 0.650 bits per heavy atom. The Balaban J connectivity index is 2.77. The summed E-state index contributed by atoms with van der Waals surface area (Å²) < 4.78 is 0. The molecule has 0 heteroatoms. The highest BCUT2D eigenvalue weighted by atomic mass is 15.0. The van der Waals surface area contributed by atoms with Crippen LogP contribution >= 0.6 is 0 Å². The van der Waals surface area contributed by atoms with Gasteiger partial charge in [-0.15, -0.1) is 0 Å². The number of hydrogen-bond donors (Lipinski definition) is 0. The van der Waals surface area contributed by atoms with E-state index >= 15 is 0 Å². The maximum Gasteiger partial charge on any atom is -0.0140 e. The monoisotopic (exact) mass is 278 g/mol. The molecular formula is C20H38. The van der Waals surface area contributed by atoms with E-state index in [9.17, 15) is 0 Å². The van der Waals surface area contributed by atoms with Gasteiger partial charge in [-0.25, -0.2) is 0 Å². The fourth-order valence-corrected chi connectivity index (χ4v) is 8.08. The lowest BCUT2D eigenvalue weighted by Crippen LogP contribution is -2.94. The summed E-state index contributed by atoms with van der Waals surface area (Å²) in [5.74, 6) is 0. The zero-order valence-electron chi connectivity index (χ0n) is 16.2. The SMILES string of the molecule is CCC1(C)C(C)(C(C)(C)C)C2(C)C(C)(C)C(C)(C)C12C. The maximum atomic E-state index is 2.60. The normalized spacial score (nSPS) is 52.8. The van der Waals surface area contributed by atoms with Gasteiger partial charge in [0.15, 0.2) is 0 Å². The molecule has 2 aliphatic carbocycles. The van der Waals surface area contributed by atoms with Gasteiger partial charge in [0.25, 0.3) is 0 Å². The quantitative estimate of drug-likeness (QED) is 0.510. The van der Waals surface area contributed by atoms with Crippen molar-refractivity contribution in [2.45, 2.75) is 89.5 Å². The molecule has 4 atom stereocenters. The van der Waals surface area contributed by atoms with Crippen molar-refractivity contribution in [3.8, 4) is 0 Å². The zero-order chi connectivity index (χ0) is 16.2. The first-order valence-corrected chi connectivity index (χ1v) is 8.56. The molecule has 0 aromatic rings. The van der Waals surface area contributed by atoms with Crippen LogP contribution in [0.15, 0.2) is 0 Å². The van der Waals surface area contributed by atoms with E-state index in [-0.39, 0.29) is 0 Å². The van der Waals surface area contributed by atoms with Gasteiger partial charge in [-0.1, -0.05) is 83.1 Å². The Morgan fingerprint density at radius 2 is 1.00 bits per heavy atom. The van der Waals surface area contributed by atoms with Crippen LogP contribution in [0.5, 0.6) is 0 Å². The molecule has 0 aromatic carbocycles. The van der Waals surface area contributed by atoms with Crippen molar-refractivity contribution in [3.63, 3.8) is 0 Å². The van der Waals surface area contributed by atoms with E-state index in [0.717, 1.165) is 0 Å². The van der Waals surface area contributed by atoms with Crippen LogP contribution in [-0.2, 0) is 0 Å². The van der Waals surface area contributed by atoms with Crippen LogP contribution in [0.25, 0.3) is 0 Å². The number of fused-ring (bicyclic) bond motifs is 1. The van der Waals surface area contributed by atoms with Crippen LogP contribution in [0, 0.1) is 37.9 Å². The highest BCUT2D eigenvalue weighted by molar-refractivity contribution is 5.42. The van der Waals surface area contributed by atoms with Crippen LogP contribution in [0.2, 0.25) is 0 Å². The summed E-state index contributed by atoms with van der Waals surface area (Å²) >= 11 is 0. The molecule has 118 valence electrons. The molecule has 0 aromatic heterocycles. The molecule has 0 aliphatic heterocycles. The average molecular weight is 279 g/mol. The van der Waals surface area contributed by atoms with Gasteiger partial charge in [-0.05, 0) is 44.3 Å². The van der Waals surface area contributed by atoms with Crippen LogP contribution in [0.1, 0.15) is 89.5 Å². The first-order chi connectivity index (χ1) is 8.56. The van der Waals surface area contributed by atoms with E-state index in [0.29, 0.717) is 37.9 Å². The standard InChI is InChI=1S/C20H38/c1-13-17(9)18(10,14(2,3)4)20(12)16(7,8)15(5,6)19(17,20)11/h13H2,1-12H3. The van der Waals surface area contributed by atoms with E-state index in [1.54, 1.807) is 0 Å². The maximum absolute atomic E-state index is 2.60. The largest absolute Gasteiger partial charge is 0.0648 e. The molecule has 0 N–H and O–H groups in total. The van der Waals surface area contributed by atoms with Crippen molar-refractivity contribution in [1.82, 2.24) is 0 Å². The first kappa shape index (κ1) is 16.4. The summed E-state index contributed by atoms with van der Waals surface area (Å²) in [6.45, 7) is 30.3. The number of hydrogen-bond acceptors (Lipinski definition) is 0. The van der Waals surface area contributed by atoms with Crippen molar-refractivity contribution in [2.75, 3.05) is 0 Å². The smallest absolute Gasteiger partial charge is 0.0140 e. The number of rotatable bonds is 1. The molecule has 0 nitrogen and oxygen atoms in total. The average Bonchev–Trinajstić information content (AvgIpc) is 2.31. The van der Waals surface area contributed by atoms with E-state index in [2.05, 4.69) is 83.1 Å². The lowest BCUT2D eigenvalue weighted by Gasteiger charge is -2.99. The molecule has 2 aliphatic rings. The molecule has 0 spiro atoms. The Labute approximate surface area is 128 Å². The fraction of sp³-hybridized carbons (Fsp3) is 1.00. The van der Waals surface area contributed by atoms with Crippen molar-refractivity contribution in [3.05, 3.63) is 0 Å². The van der Waals surface area contributed by atoms with Crippen LogP contribution in [0.4, 0.5) is 0 Å². The third-order valence-corrected chi connectivity index (χ3v) is 10.5. The molecule has 20 heavy (non-hydrogen) atoms. The minimum absolute atomic E-state index is 0.333. The first-order valence-electron chi connectivity index (χ1n) is 8.56. The molecule has 2 saturated carbocycles. The molecular weight excluding hydrogens is 240 g/mol. The van der Waals surface area contributed by atoms with Crippen molar-refractivity contribution in [2.24, 2.45) is 37.9 Å². The van der Waals surface area contributed by atoms with Gasteiger partial charge in [-0.2, -0.15) is 0 Å². The van der Waals surface area contributed by atoms with E-state index < -0.39 is 0 Å². The third-order valence-electron chi connectivity index (χ3n) is 10.5. The lowest BCUT2D eigenvalue weighted by atomic mass is 9.05. The second-order valence-electron chi connectivity index (χ2n) is 10.6. The third kappa shape index (κ3) is 0.925. The Morgan fingerprint density at radius 3 is 1.30 bits per heavy atom. The molecule has 4 unspecified atom stereocenters. The summed E-state index contributed by atoms with van der Waals surface area (Å²) in [4.78, 5) is 0. The molecule has 0 radical (unpaired) electrons. The van der Waals surface area contributed by atoms with E-state index in [1.165, 1.54) is 6.42 Å². The Bertz CT molecular complexity index is 449. The fourth-order valence-electron chi connectivity index (χ4n) is 8.08. The van der Waals surface area contributed by atoms with Gasteiger partial charge in [0, 0.05) is 0 Å². The zero-order valence-corrected chi connectivity index (χ0v) is 16.2. The molecule has 0 heterocycles. The van der Waals surface area contributed by atoms with Crippen molar-refractivity contribution in [1.29, 1.82) is 0 Å². The van der Waals surface area contributed by atoms with Crippen molar-refractivity contribution < 1.29 is 0 Å². The van der Waals surface area contributed by atoms with Gasteiger partial charge < -0.3 is 0 Å². The van der Waals surface area contributed by atoms with E-state index in [1.807, 2.05) is 0 Å². The highest BCUT2D eigenvalue weighted by Gasteiger charge is 2.95. The molecule has 0 amide bonds. The molecule has 0 bridgehead atoms. The summed E-state index contributed by atoms with van der Waals surface area (Å²) in [7, 11) is 0. The Hall–Kier alpha value is 0. The van der Waals surface area contributed by atoms with Gasteiger partial charge in [0.1, 0.15) is 0 Å². The summed E-state index contributed by atoms with van der Waals surface area (Å²) in [6.07, 6.45) is 1.28. The minimum atomic E-state index is 0.333. The van der Waals surface area contributed by atoms with Gasteiger partial charge in [0.05, 0.1) is 0 Å². The van der Waals surface area contributed by atoms with E-state index in [4.69, 9.17) is 0 Å². The molecule has 2 rings (SSSR count). The predicted octanol–water partition coefficient (Wildman–Crippen LogP) is 6.55. The van der Waals surface area contributed by atoms with Crippen LogP contribution in [0.3, 0.4) is 0 Å². The van der Waals surface area contributed by atoms with Crippen molar-refractivity contribution >= 4 is 0 Å². The van der Waals surface area contributed by atoms with Crippen LogP contribution in [-0.4, -0.2) is 0 Å². The minimum Gasteiger partial charge on any atom is -0.0648 e. The highest BCUT2D eigenvalue weighted by Crippen LogP contribution is 3.00. The molecule has 0 saturated heterocycles. The lowest BCUT2D eigenvalue weighted by molar-refractivity contribution is -0.518. The van der Waals surface area contributed by atoms with Gasteiger partial charge >= 0.3 is 0 Å². The van der Waals surface area contributed by atoms with Gasteiger partial charge in [0.2, 0.25) is 0 Å². The summed E-state index contributed by atoms with van der Waals surface area (Å²) in [6, 6.07) is 0. The Kier molecular flexibility index (Phi) is 2.73. The summed E-state index contributed by atoms with van der Waals surface area (Å²) in [5, 5.41) is 0.